The van der Waals surface area contributed by atoms with Gasteiger partial charge in [-0.3, -0.25) is 0 Å². The van der Waals surface area contributed by atoms with E-state index in [0.717, 1.165) is 7.25 Å². The van der Waals surface area contributed by atoms with Crippen LogP contribution in [0.5, 0.6) is 0 Å². The monoisotopic (exact) mass is 348 g/mol. The van der Waals surface area contributed by atoms with E-state index < -0.39 is 20.3 Å². The van der Waals surface area contributed by atoms with Crippen molar-refractivity contribution < 1.29 is 20.3 Å². The Morgan fingerprint density at radius 3 is 1.62 bits per heavy atom. The Labute approximate surface area is 130 Å². The molecule has 21 heavy (non-hydrogen) atoms. The van der Waals surface area contributed by atoms with Gasteiger partial charge in [-0.25, -0.2) is 0 Å². The zero-order valence-electron chi connectivity index (χ0n) is 12.0. The fourth-order valence-corrected chi connectivity index (χ4v) is 20.1. The zero-order valence-corrected chi connectivity index (χ0v) is 14.5. The van der Waals surface area contributed by atoms with Crippen molar-refractivity contribution in [3.63, 3.8) is 0 Å². The van der Waals surface area contributed by atoms with Crippen LogP contribution in [0.25, 0.3) is 12.2 Å². The first-order valence-electron chi connectivity index (χ1n) is 7.93. The predicted octanol–water partition coefficient (Wildman–Crippen LogP) is 5.53. The predicted molar refractivity (Wildman–Crippen MR) is 86.0 cm³/mol. The molecule has 0 spiro atoms. The molecular weight excluding hydrogens is 331 g/mol. The van der Waals surface area contributed by atoms with Gasteiger partial charge < -0.3 is 0 Å². The van der Waals surface area contributed by atoms with Gasteiger partial charge in [0.1, 0.15) is 0 Å². The molecule has 3 aliphatic rings. The Balaban J connectivity index is 1.59. The van der Waals surface area contributed by atoms with E-state index in [9.17, 15) is 0 Å². The van der Waals surface area contributed by atoms with E-state index in [-0.39, 0.29) is 0 Å². The van der Waals surface area contributed by atoms with Crippen molar-refractivity contribution in [2.75, 3.05) is 0 Å². The van der Waals surface area contributed by atoms with E-state index in [0.29, 0.717) is 0 Å². The number of fused-ring (bicyclic) bond motifs is 2. The summed E-state index contributed by atoms with van der Waals surface area (Å²) in [5.74, 6) is 0. The molecule has 0 saturated carbocycles. The van der Waals surface area contributed by atoms with Crippen LogP contribution in [0.15, 0.2) is 60.7 Å². The molecule has 0 amide bonds. The van der Waals surface area contributed by atoms with Gasteiger partial charge in [-0.1, -0.05) is 0 Å². The molecule has 0 N–H and O–H groups in total. The molecule has 2 aliphatic carbocycles. The SMILES string of the molecule is C1=C[C@@H]([Zr]2([C@H]3C=Cc4ccccc43)[CH2][CH2]2)c2ccccc21. The van der Waals surface area contributed by atoms with Crippen molar-refractivity contribution >= 4 is 12.2 Å². The summed E-state index contributed by atoms with van der Waals surface area (Å²) in [7, 11) is 0. The second kappa shape index (κ2) is 4.40. The summed E-state index contributed by atoms with van der Waals surface area (Å²) in [5.41, 5.74) is 6.20. The second-order valence-electron chi connectivity index (χ2n) is 6.66. The quantitative estimate of drug-likeness (QED) is 0.669. The van der Waals surface area contributed by atoms with Crippen molar-refractivity contribution in [3.8, 4) is 0 Å². The molecule has 0 nitrogen and oxygen atoms in total. The first-order valence-corrected chi connectivity index (χ1v) is 14.2. The van der Waals surface area contributed by atoms with Crippen LogP contribution in [0, 0.1) is 0 Å². The van der Waals surface area contributed by atoms with E-state index >= 15 is 0 Å². The van der Waals surface area contributed by atoms with Gasteiger partial charge in [-0.2, -0.15) is 0 Å². The van der Waals surface area contributed by atoms with Gasteiger partial charge in [0.15, 0.2) is 0 Å². The molecular formula is C20H18Zr. The van der Waals surface area contributed by atoms with Crippen LogP contribution < -0.4 is 0 Å². The molecule has 102 valence electrons. The number of rotatable bonds is 2. The average molecular weight is 350 g/mol. The van der Waals surface area contributed by atoms with Crippen LogP contribution in [0.2, 0.25) is 8.26 Å². The Hall–Kier alpha value is -1.20. The van der Waals surface area contributed by atoms with Crippen molar-refractivity contribution in [2.45, 2.75) is 15.5 Å². The van der Waals surface area contributed by atoms with Crippen LogP contribution >= 0.6 is 0 Å². The van der Waals surface area contributed by atoms with Crippen molar-refractivity contribution in [2.24, 2.45) is 0 Å². The Morgan fingerprint density at radius 2 is 1.14 bits per heavy atom. The molecule has 1 aliphatic heterocycles. The van der Waals surface area contributed by atoms with Gasteiger partial charge in [0.2, 0.25) is 0 Å². The summed E-state index contributed by atoms with van der Waals surface area (Å²) in [5, 5.41) is 0. The van der Waals surface area contributed by atoms with Crippen LogP contribution in [-0.4, -0.2) is 0 Å². The van der Waals surface area contributed by atoms with Crippen molar-refractivity contribution in [3.05, 3.63) is 82.9 Å². The Bertz CT molecular complexity index is 716. The maximum absolute atomic E-state index is 2.54. The summed E-state index contributed by atoms with van der Waals surface area (Å²) in [6, 6.07) is 18.1. The second-order valence-corrected chi connectivity index (χ2v) is 18.2. The minimum absolute atomic E-state index is 0.802. The van der Waals surface area contributed by atoms with E-state index in [1.54, 1.807) is 19.4 Å². The Morgan fingerprint density at radius 1 is 0.667 bits per heavy atom. The van der Waals surface area contributed by atoms with Crippen LogP contribution in [-0.2, 0) is 20.3 Å². The molecule has 0 radical (unpaired) electrons. The standard InChI is InChI=1S/2C9H7.C2H4.Zr/c2*1-2-5-9-7-3-6-8(9)4-1;1-2;/h2*1-7H;1-2H2;. The first kappa shape index (κ1) is 12.4. The Kier molecular flexibility index (Phi) is 2.59. The van der Waals surface area contributed by atoms with E-state index in [1.165, 1.54) is 11.1 Å². The van der Waals surface area contributed by atoms with Gasteiger partial charge in [0, 0.05) is 0 Å². The third kappa shape index (κ3) is 1.70. The summed E-state index contributed by atoms with van der Waals surface area (Å²) in [4.78, 5) is 0. The van der Waals surface area contributed by atoms with Gasteiger partial charge in [0.05, 0.1) is 0 Å². The maximum atomic E-state index is 2.54. The molecule has 2 aromatic carbocycles. The third-order valence-electron chi connectivity index (χ3n) is 5.66. The number of hydrogen-bond acceptors (Lipinski definition) is 0. The summed E-state index contributed by atoms with van der Waals surface area (Å²) in [6.07, 6.45) is 9.84. The number of allylic oxidation sites excluding steroid dienone is 2. The number of hydrogen-bond donors (Lipinski definition) is 0. The van der Waals surface area contributed by atoms with Crippen molar-refractivity contribution in [1.82, 2.24) is 0 Å². The van der Waals surface area contributed by atoms with Crippen LogP contribution in [0.3, 0.4) is 0 Å². The fraction of sp³-hybridized carbons (Fsp3) is 0.200. The molecule has 1 fully saturated rings. The molecule has 2 aromatic rings. The molecule has 1 heterocycles. The summed E-state index contributed by atoms with van der Waals surface area (Å²) >= 11 is -2.13. The van der Waals surface area contributed by atoms with E-state index in [4.69, 9.17) is 0 Å². The minimum atomic E-state index is -2.13. The van der Waals surface area contributed by atoms with Crippen molar-refractivity contribution in [1.29, 1.82) is 0 Å². The van der Waals surface area contributed by atoms with Gasteiger partial charge in [-0.15, -0.1) is 0 Å². The van der Waals surface area contributed by atoms with E-state index in [1.807, 2.05) is 0 Å². The summed E-state index contributed by atoms with van der Waals surface area (Å²) in [6.45, 7) is 0. The van der Waals surface area contributed by atoms with Gasteiger partial charge in [0.25, 0.3) is 0 Å². The average Bonchev–Trinajstić information content (AvgIpc) is 3.03. The molecule has 1 heteroatoms. The summed E-state index contributed by atoms with van der Waals surface area (Å²) < 4.78 is 4.72. The van der Waals surface area contributed by atoms with Gasteiger partial charge in [-0.05, 0) is 0 Å². The van der Waals surface area contributed by atoms with Crippen LogP contribution in [0.1, 0.15) is 29.5 Å². The van der Waals surface area contributed by atoms with Gasteiger partial charge >= 0.3 is 131 Å². The molecule has 0 bridgehead atoms. The normalized spacial score (nSPS) is 26.7. The fourth-order valence-electron chi connectivity index (χ4n) is 4.46. The first-order chi connectivity index (χ1) is 10.4. The molecule has 2 atom stereocenters. The molecule has 5 rings (SSSR count). The van der Waals surface area contributed by atoms with Crippen LogP contribution in [0.4, 0.5) is 0 Å². The zero-order chi connectivity index (χ0) is 13.9. The topological polar surface area (TPSA) is 0 Å². The molecule has 0 unspecified atom stereocenters. The molecule has 0 aromatic heterocycles. The third-order valence-corrected chi connectivity index (χ3v) is 18.3. The number of benzene rings is 2. The molecule has 1 saturated heterocycles. The van der Waals surface area contributed by atoms with E-state index in [2.05, 4.69) is 72.8 Å².